The Bertz CT molecular complexity index is 255. The molecule has 0 amide bonds. The topological polar surface area (TPSA) is 17.8 Å². The number of aromatic nitrogens is 2. The van der Waals surface area contributed by atoms with Crippen LogP contribution in [-0.2, 0) is 13.5 Å². The molecule has 0 atom stereocenters. The van der Waals surface area contributed by atoms with Crippen molar-refractivity contribution in [1.29, 1.82) is 0 Å². The third kappa shape index (κ3) is 2.25. The lowest BCUT2D eigenvalue weighted by Gasteiger charge is -2.01. The molecule has 0 radical (unpaired) electrons. The Morgan fingerprint density at radius 2 is 2.08 bits per heavy atom. The van der Waals surface area contributed by atoms with Crippen LogP contribution in [0.2, 0.25) is 0 Å². The first-order valence-corrected chi connectivity index (χ1v) is 3.45. The van der Waals surface area contributed by atoms with Gasteiger partial charge in [-0.3, -0.25) is 4.68 Å². The first-order valence-electron chi connectivity index (χ1n) is 3.45. The van der Waals surface area contributed by atoms with Gasteiger partial charge in [-0.1, -0.05) is 0 Å². The van der Waals surface area contributed by atoms with Gasteiger partial charge in [-0.2, -0.15) is 18.3 Å². The molecule has 1 heterocycles. The van der Waals surface area contributed by atoms with Crippen LogP contribution >= 0.6 is 0 Å². The minimum Gasteiger partial charge on any atom is -0.273 e. The average Bonchev–Trinajstić information content (AvgIpc) is 2.07. The minimum absolute atomic E-state index is 0.0718. The van der Waals surface area contributed by atoms with Crippen LogP contribution < -0.4 is 0 Å². The summed E-state index contributed by atoms with van der Waals surface area (Å²) in [6, 6.07) is 1.44. The number of rotatable bonds is 1. The van der Waals surface area contributed by atoms with Gasteiger partial charge in [0.15, 0.2) is 0 Å². The fraction of sp³-hybridized carbons (Fsp3) is 0.571. The highest BCUT2D eigenvalue weighted by atomic mass is 19.4. The van der Waals surface area contributed by atoms with E-state index in [4.69, 9.17) is 0 Å². The summed E-state index contributed by atoms with van der Waals surface area (Å²) >= 11 is 0. The molecular weight excluding hydrogens is 169 g/mol. The standard InChI is InChI=1S/C7H9F3N2/c1-5-3-6(11-12(5)2)4-7(8,9)10/h3H,4H2,1-2H3. The lowest BCUT2D eigenvalue weighted by molar-refractivity contribution is -0.127. The van der Waals surface area contributed by atoms with Gasteiger partial charge >= 0.3 is 6.18 Å². The molecule has 0 aromatic carbocycles. The molecule has 0 bridgehead atoms. The second-order valence-corrected chi connectivity index (χ2v) is 2.69. The van der Waals surface area contributed by atoms with Crippen LogP contribution in [0.25, 0.3) is 0 Å². The highest BCUT2D eigenvalue weighted by Crippen LogP contribution is 2.20. The second-order valence-electron chi connectivity index (χ2n) is 2.69. The summed E-state index contributed by atoms with van der Waals surface area (Å²) in [5, 5.41) is 3.69. The van der Waals surface area contributed by atoms with Crippen LogP contribution in [0.5, 0.6) is 0 Å². The van der Waals surface area contributed by atoms with Gasteiger partial charge < -0.3 is 0 Å². The molecule has 0 N–H and O–H groups in total. The summed E-state index contributed by atoms with van der Waals surface area (Å²) < 4.78 is 36.9. The molecule has 2 nitrogen and oxygen atoms in total. The minimum atomic E-state index is -4.17. The first-order chi connectivity index (χ1) is 5.38. The predicted molar refractivity (Wildman–Crippen MR) is 37.7 cm³/mol. The van der Waals surface area contributed by atoms with Crippen molar-refractivity contribution in [2.75, 3.05) is 0 Å². The van der Waals surface area contributed by atoms with Crippen molar-refractivity contribution < 1.29 is 13.2 Å². The van der Waals surface area contributed by atoms with Crippen molar-refractivity contribution in [1.82, 2.24) is 9.78 Å². The Hall–Kier alpha value is -1.00. The number of hydrogen-bond acceptors (Lipinski definition) is 1. The highest BCUT2D eigenvalue weighted by Gasteiger charge is 2.29. The van der Waals surface area contributed by atoms with Gasteiger partial charge in [0.25, 0.3) is 0 Å². The molecule has 1 aromatic rings. The number of nitrogens with zero attached hydrogens (tertiary/aromatic N) is 2. The SMILES string of the molecule is Cc1cc(CC(F)(F)F)nn1C. The molecule has 0 aliphatic rings. The van der Waals surface area contributed by atoms with Gasteiger partial charge in [-0.25, -0.2) is 0 Å². The Morgan fingerprint density at radius 3 is 2.42 bits per heavy atom. The normalized spacial score (nSPS) is 12.1. The molecule has 0 saturated heterocycles. The van der Waals surface area contributed by atoms with Crippen molar-refractivity contribution in [2.45, 2.75) is 19.5 Å². The van der Waals surface area contributed by atoms with E-state index in [-0.39, 0.29) is 5.69 Å². The maximum absolute atomic E-state index is 11.8. The van der Waals surface area contributed by atoms with E-state index in [1.165, 1.54) is 10.7 Å². The van der Waals surface area contributed by atoms with Gasteiger partial charge in [0.2, 0.25) is 0 Å². The molecule has 0 aliphatic heterocycles. The van der Waals surface area contributed by atoms with E-state index in [2.05, 4.69) is 5.10 Å². The third-order valence-electron chi connectivity index (χ3n) is 1.55. The van der Waals surface area contributed by atoms with Crippen LogP contribution in [0.1, 0.15) is 11.4 Å². The average molecular weight is 178 g/mol. The van der Waals surface area contributed by atoms with Gasteiger partial charge in [0.05, 0.1) is 12.1 Å². The van der Waals surface area contributed by atoms with E-state index in [9.17, 15) is 13.2 Å². The van der Waals surface area contributed by atoms with Crippen LogP contribution in [0.15, 0.2) is 6.07 Å². The number of aryl methyl sites for hydroxylation is 2. The molecule has 68 valence electrons. The Labute approximate surface area is 68.0 Å². The Kier molecular flexibility index (Phi) is 2.12. The third-order valence-corrected chi connectivity index (χ3v) is 1.55. The summed E-state index contributed by atoms with van der Waals surface area (Å²) in [4.78, 5) is 0. The van der Waals surface area contributed by atoms with Gasteiger partial charge in [0, 0.05) is 12.7 Å². The van der Waals surface area contributed by atoms with Crippen LogP contribution in [-0.4, -0.2) is 16.0 Å². The molecule has 0 aliphatic carbocycles. The molecule has 0 spiro atoms. The van der Waals surface area contributed by atoms with Crippen LogP contribution in [0.3, 0.4) is 0 Å². The van der Waals surface area contributed by atoms with Crippen LogP contribution in [0, 0.1) is 6.92 Å². The Balaban J connectivity index is 2.77. The fourth-order valence-electron chi connectivity index (χ4n) is 0.927. The number of alkyl halides is 3. The lowest BCUT2D eigenvalue weighted by atomic mass is 10.3. The van der Waals surface area contributed by atoms with E-state index in [1.54, 1.807) is 14.0 Å². The molecule has 1 rings (SSSR count). The summed E-state index contributed by atoms with van der Waals surface area (Å²) in [6.07, 6.45) is -5.12. The van der Waals surface area contributed by atoms with E-state index in [0.717, 1.165) is 5.69 Å². The summed E-state index contributed by atoms with van der Waals surface area (Å²) in [6.45, 7) is 1.72. The van der Waals surface area contributed by atoms with Crippen molar-refractivity contribution >= 4 is 0 Å². The van der Waals surface area contributed by atoms with E-state index >= 15 is 0 Å². The lowest BCUT2D eigenvalue weighted by Crippen LogP contribution is -2.12. The zero-order chi connectivity index (χ0) is 9.35. The number of halogens is 3. The summed E-state index contributed by atoms with van der Waals surface area (Å²) in [5.41, 5.74) is 0.803. The first kappa shape index (κ1) is 9.09. The molecular formula is C7H9F3N2. The Morgan fingerprint density at radius 1 is 1.50 bits per heavy atom. The summed E-state index contributed by atoms with van der Waals surface area (Å²) in [5.74, 6) is 0. The maximum atomic E-state index is 11.8. The predicted octanol–water partition coefficient (Wildman–Crippen LogP) is 1.83. The molecule has 5 heteroatoms. The molecule has 0 saturated carbocycles. The summed E-state index contributed by atoms with van der Waals surface area (Å²) in [7, 11) is 1.62. The van der Waals surface area contributed by atoms with Crippen molar-refractivity contribution in [3.8, 4) is 0 Å². The van der Waals surface area contributed by atoms with Crippen molar-refractivity contribution in [3.63, 3.8) is 0 Å². The van der Waals surface area contributed by atoms with Gasteiger partial charge in [-0.05, 0) is 13.0 Å². The molecule has 12 heavy (non-hydrogen) atoms. The molecule has 0 fully saturated rings. The number of hydrogen-bond donors (Lipinski definition) is 0. The van der Waals surface area contributed by atoms with Gasteiger partial charge in [0.1, 0.15) is 0 Å². The van der Waals surface area contributed by atoms with E-state index < -0.39 is 12.6 Å². The van der Waals surface area contributed by atoms with Gasteiger partial charge in [-0.15, -0.1) is 0 Å². The van der Waals surface area contributed by atoms with Crippen LogP contribution in [0.4, 0.5) is 13.2 Å². The monoisotopic (exact) mass is 178 g/mol. The van der Waals surface area contributed by atoms with Crippen molar-refractivity contribution in [2.24, 2.45) is 7.05 Å². The molecule has 1 aromatic heterocycles. The zero-order valence-corrected chi connectivity index (χ0v) is 6.81. The second kappa shape index (κ2) is 2.80. The largest absolute Gasteiger partial charge is 0.394 e. The smallest absolute Gasteiger partial charge is 0.273 e. The molecule has 0 unspecified atom stereocenters. The van der Waals surface area contributed by atoms with Crippen molar-refractivity contribution in [3.05, 3.63) is 17.5 Å². The fourth-order valence-corrected chi connectivity index (χ4v) is 0.927. The maximum Gasteiger partial charge on any atom is 0.394 e. The highest BCUT2D eigenvalue weighted by molar-refractivity contribution is 5.09. The van der Waals surface area contributed by atoms with E-state index in [0.29, 0.717) is 0 Å². The van der Waals surface area contributed by atoms with E-state index in [1.807, 2.05) is 0 Å². The quantitative estimate of drug-likeness (QED) is 0.641. The zero-order valence-electron chi connectivity index (χ0n) is 6.81.